The van der Waals surface area contributed by atoms with Crippen LogP contribution in [0.1, 0.15) is 31.5 Å². The third-order valence-electron chi connectivity index (χ3n) is 4.23. The van der Waals surface area contributed by atoms with Crippen molar-refractivity contribution in [3.8, 4) is 0 Å². The summed E-state index contributed by atoms with van der Waals surface area (Å²) in [6, 6.07) is 0. The maximum atomic E-state index is 12.0. The predicted molar refractivity (Wildman–Crippen MR) is 73.1 cm³/mol. The number of aromatic nitrogens is 2. The first kappa shape index (κ1) is 14.6. The number of aliphatic carboxylic acids is 1. The van der Waals surface area contributed by atoms with E-state index in [1.807, 2.05) is 20.8 Å². The molecule has 0 unspecified atom stereocenters. The highest BCUT2D eigenvalue weighted by Crippen LogP contribution is 2.58. The van der Waals surface area contributed by atoms with E-state index in [1.54, 1.807) is 6.20 Å². The van der Waals surface area contributed by atoms with Crippen molar-refractivity contribution in [2.24, 2.45) is 17.3 Å². The molecule has 1 fully saturated rings. The molecule has 1 amide bonds. The third-order valence-corrected chi connectivity index (χ3v) is 4.23. The zero-order chi connectivity index (χ0) is 14.9. The molecule has 0 aromatic carbocycles. The van der Waals surface area contributed by atoms with Gasteiger partial charge in [0.2, 0.25) is 5.91 Å². The highest BCUT2D eigenvalue weighted by atomic mass is 16.4. The van der Waals surface area contributed by atoms with Gasteiger partial charge in [-0.3, -0.25) is 14.7 Å². The quantitative estimate of drug-likeness (QED) is 0.680. The van der Waals surface area contributed by atoms with Crippen LogP contribution in [-0.2, 0) is 16.0 Å². The van der Waals surface area contributed by atoms with Gasteiger partial charge >= 0.3 is 5.97 Å². The third kappa shape index (κ3) is 2.69. The van der Waals surface area contributed by atoms with Crippen molar-refractivity contribution in [2.75, 3.05) is 6.54 Å². The normalized spacial score (nSPS) is 23.4. The van der Waals surface area contributed by atoms with Gasteiger partial charge in [-0.05, 0) is 30.7 Å². The minimum Gasteiger partial charge on any atom is -0.481 e. The summed E-state index contributed by atoms with van der Waals surface area (Å²) in [4.78, 5) is 23.0. The summed E-state index contributed by atoms with van der Waals surface area (Å²) in [7, 11) is 0. The number of hydrogen-bond acceptors (Lipinski definition) is 3. The molecule has 1 heterocycles. The SMILES string of the molecule is Cc1[nH]ncc1CCCNC(=O)[C@H]1[C@@H](C(=O)O)C1(C)C. The van der Waals surface area contributed by atoms with Gasteiger partial charge in [0.25, 0.3) is 0 Å². The molecule has 0 aliphatic heterocycles. The molecular weight excluding hydrogens is 258 g/mol. The summed E-state index contributed by atoms with van der Waals surface area (Å²) in [6.07, 6.45) is 3.46. The highest BCUT2D eigenvalue weighted by Gasteiger charge is 2.65. The van der Waals surface area contributed by atoms with Crippen molar-refractivity contribution < 1.29 is 14.7 Å². The lowest BCUT2D eigenvalue weighted by Gasteiger charge is -2.05. The van der Waals surface area contributed by atoms with Gasteiger partial charge in [0.1, 0.15) is 0 Å². The number of carboxylic acid groups (broad SMARTS) is 1. The number of amides is 1. The van der Waals surface area contributed by atoms with Crippen LogP contribution in [0.4, 0.5) is 0 Å². The van der Waals surface area contributed by atoms with Crippen LogP contribution in [0.3, 0.4) is 0 Å². The number of nitrogens with zero attached hydrogens (tertiary/aromatic N) is 1. The number of carbonyl (C=O) groups is 2. The van der Waals surface area contributed by atoms with Gasteiger partial charge < -0.3 is 10.4 Å². The summed E-state index contributed by atoms with van der Waals surface area (Å²) < 4.78 is 0. The molecule has 110 valence electrons. The molecule has 2 rings (SSSR count). The fourth-order valence-electron chi connectivity index (χ4n) is 2.82. The molecular formula is C14H21N3O3. The molecule has 1 aliphatic carbocycles. The second-order valence-corrected chi connectivity index (χ2v) is 6.03. The Morgan fingerprint density at radius 2 is 2.15 bits per heavy atom. The zero-order valence-electron chi connectivity index (χ0n) is 12.1. The van der Waals surface area contributed by atoms with Crippen molar-refractivity contribution in [2.45, 2.75) is 33.6 Å². The molecule has 0 radical (unpaired) electrons. The fourth-order valence-corrected chi connectivity index (χ4v) is 2.82. The van der Waals surface area contributed by atoms with Gasteiger partial charge in [0.15, 0.2) is 0 Å². The Morgan fingerprint density at radius 1 is 1.45 bits per heavy atom. The van der Waals surface area contributed by atoms with E-state index in [9.17, 15) is 9.59 Å². The van der Waals surface area contributed by atoms with Crippen LogP contribution < -0.4 is 5.32 Å². The first-order valence-corrected chi connectivity index (χ1v) is 6.85. The average Bonchev–Trinajstić information content (AvgIpc) is 2.71. The number of H-pyrrole nitrogens is 1. The molecule has 3 N–H and O–H groups in total. The first-order chi connectivity index (χ1) is 9.35. The van der Waals surface area contributed by atoms with Gasteiger partial charge in [-0.1, -0.05) is 13.8 Å². The molecule has 2 atom stereocenters. The lowest BCUT2D eigenvalue weighted by molar-refractivity contribution is -0.140. The van der Waals surface area contributed by atoms with Crippen LogP contribution >= 0.6 is 0 Å². The smallest absolute Gasteiger partial charge is 0.307 e. The Labute approximate surface area is 118 Å². The lowest BCUT2D eigenvalue weighted by Crippen LogP contribution is -2.28. The Hall–Kier alpha value is -1.85. The fraction of sp³-hybridized carbons (Fsp3) is 0.643. The summed E-state index contributed by atoms with van der Waals surface area (Å²) in [5.74, 6) is -2.00. The molecule has 0 spiro atoms. The topological polar surface area (TPSA) is 95.1 Å². The van der Waals surface area contributed by atoms with Crippen LogP contribution in [0.5, 0.6) is 0 Å². The maximum Gasteiger partial charge on any atom is 0.307 e. The Bertz CT molecular complexity index is 521. The first-order valence-electron chi connectivity index (χ1n) is 6.85. The van der Waals surface area contributed by atoms with Crippen molar-refractivity contribution in [1.29, 1.82) is 0 Å². The van der Waals surface area contributed by atoms with E-state index < -0.39 is 23.2 Å². The van der Waals surface area contributed by atoms with Crippen LogP contribution in [0.15, 0.2) is 6.20 Å². The highest BCUT2D eigenvalue weighted by molar-refractivity contribution is 5.91. The minimum atomic E-state index is -0.885. The summed E-state index contributed by atoms with van der Waals surface area (Å²) in [5.41, 5.74) is 1.76. The number of aromatic amines is 1. The molecule has 6 heteroatoms. The number of aryl methyl sites for hydroxylation is 2. The van der Waals surface area contributed by atoms with Gasteiger partial charge in [0, 0.05) is 12.2 Å². The average molecular weight is 279 g/mol. The number of carboxylic acids is 1. The van der Waals surface area contributed by atoms with Crippen LogP contribution in [0, 0.1) is 24.2 Å². The van der Waals surface area contributed by atoms with E-state index in [1.165, 1.54) is 0 Å². The zero-order valence-corrected chi connectivity index (χ0v) is 12.1. The maximum absolute atomic E-state index is 12.0. The Morgan fingerprint density at radius 3 is 2.65 bits per heavy atom. The van der Waals surface area contributed by atoms with E-state index in [0.717, 1.165) is 24.1 Å². The van der Waals surface area contributed by atoms with Crippen molar-refractivity contribution in [3.63, 3.8) is 0 Å². The van der Waals surface area contributed by atoms with Crippen molar-refractivity contribution >= 4 is 11.9 Å². The summed E-state index contributed by atoms with van der Waals surface area (Å²) in [5, 5.41) is 18.7. The van der Waals surface area contributed by atoms with Crippen LogP contribution in [0.2, 0.25) is 0 Å². The molecule has 6 nitrogen and oxygen atoms in total. The monoisotopic (exact) mass is 279 g/mol. The van der Waals surface area contributed by atoms with Crippen LogP contribution in [0.25, 0.3) is 0 Å². The molecule has 0 saturated heterocycles. The lowest BCUT2D eigenvalue weighted by atomic mass is 10.1. The van der Waals surface area contributed by atoms with Gasteiger partial charge in [-0.25, -0.2) is 0 Å². The van der Waals surface area contributed by atoms with Crippen molar-refractivity contribution in [1.82, 2.24) is 15.5 Å². The minimum absolute atomic E-state index is 0.147. The predicted octanol–water partition coefficient (Wildman–Crippen LogP) is 1.12. The van der Waals surface area contributed by atoms with Crippen molar-refractivity contribution in [3.05, 3.63) is 17.5 Å². The number of carbonyl (C=O) groups excluding carboxylic acids is 1. The van der Waals surface area contributed by atoms with Gasteiger partial charge in [-0.15, -0.1) is 0 Å². The standard InChI is InChI=1S/C14H21N3O3/c1-8-9(7-16-17-8)5-4-6-15-12(18)10-11(13(19)20)14(10,2)3/h7,10-11H,4-6H2,1-3H3,(H,15,18)(H,16,17)(H,19,20)/t10-,11+/m1/s1. The van der Waals surface area contributed by atoms with Gasteiger partial charge in [-0.2, -0.15) is 5.10 Å². The van der Waals surface area contributed by atoms with Crippen LogP contribution in [-0.4, -0.2) is 33.7 Å². The van der Waals surface area contributed by atoms with E-state index in [0.29, 0.717) is 6.54 Å². The summed E-state index contributed by atoms with van der Waals surface area (Å²) in [6.45, 7) is 6.17. The van der Waals surface area contributed by atoms with E-state index in [2.05, 4.69) is 15.5 Å². The molecule has 0 bridgehead atoms. The number of rotatable bonds is 6. The molecule has 1 aliphatic rings. The second kappa shape index (κ2) is 5.26. The van der Waals surface area contributed by atoms with E-state index in [4.69, 9.17) is 5.11 Å². The Balaban J connectivity index is 1.74. The number of hydrogen-bond donors (Lipinski definition) is 3. The molecule has 1 aromatic rings. The second-order valence-electron chi connectivity index (χ2n) is 6.03. The molecule has 1 aromatic heterocycles. The van der Waals surface area contributed by atoms with E-state index in [-0.39, 0.29) is 5.91 Å². The molecule has 20 heavy (non-hydrogen) atoms. The number of nitrogens with one attached hydrogen (secondary N) is 2. The van der Waals surface area contributed by atoms with Gasteiger partial charge in [0.05, 0.1) is 18.0 Å². The molecule has 1 saturated carbocycles. The summed E-state index contributed by atoms with van der Waals surface area (Å²) >= 11 is 0. The van der Waals surface area contributed by atoms with E-state index >= 15 is 0 Å². The largest absolute Gasteiger partial charge is 0.481 e. The Kier molecular flexibility index (Phi) is 3.83.